The third-order valence-electron chi connectivity index (χ3n) is 2.43. The summed E-state index contributed by atoms with van der Waals surface area (Å²) < 4.78 is 1.17. The van der Waals surface area contributed by atoms with Crippen LogP contribution in [-0.4, -0.2) is 16.5 Å². The predicted molar refractivity (Wildman–Crippen MR) is 81.4 cm³/mol. The minimum absolute atomic E-state index is 0.596. The van der Waals surface area contributed by atoms with Crippen LogP contribution in [0.25, 0.3) is 0 Å². The van der Waals surface area contributed by atoms with Gasteiger partial charge in [0.2, 0.25) is 0 Å². The Bertz CT molecular complexity index is 364. The minimum Gasteiger partial charge on any atom is -0.369 e. The van der Waals surface area contributed by atoms with Gasteiger partial charge in [-0.05, 0) is 41.4 Å². The first-order valence-corrected chi connectivity index (χ1v) is 7.45. The van der Waals surface area contributed by atoms with Gasteiger partial charge in [-0.25, -0.2) is 9.97 Å². The maximum Gasteiger partial charge on any atom is 0.143 e. The molecule has 0 saturated heterocycles. The monoisotopic (exact) mass is 347 g/mol. The van der Waals surface area contributed by atoms with Gasteiger partial charge in [0.05, 0.1) is 9.26 Å². The van der Waals surface area contributed by atoms with Crippen LogP contribution < -0.4 is 5.32 Å². The van der Waals surface area contributed by atoms with E-state index >= 15 is 0 Å². The molecule has 0 unspecified atom stereocenters. The second kappa shape index (κ2) is 7.13. The summed E-state index contributed by atoms with van der Waals surface area (Å²) in [6, 6.07) is 0. The van der Waals surface area contributed by atoms with Crippen LogP contribution in [0.5, 0.6) is 0 Å². The summed E-state index contributed by atoms with van der Waals surface area (Å²) >= 11 is 2.34. The smallest absolute Gasteiger partial charge is 0.143 e. The zero-order valence-electron chi connectivity index (χ0n) is 11.2. The molecule has 0 amide bonds. The van der Waals surface area contributed by atoms with E-state index in [2.05, 4.69) is 65.6 Å². The number of hydrogen-bond donors (Lipinski definition) is 1. The number of aryl methyl sites for hydroxylation is 1. The van der Waals surface area contributed by atoms with E-state index < -0.39 is 0 Å². The molecule has 1 heterocycles. The van der Waals surface area contributed by atoms with Crippen molar-refractivity contribution in [3.8, 4) is 0 Å². The quantitative estimate of drug-likeness (QED) is 0.798. The summed E-state index contributed by atoms with van der Waals surface area (Å²) in [5.74, 6) is 2.57. The highest BCUT2D eigenvalue weighted by Crippen LogP contribution is 2.20. The van der Waals surface area contributed by atoms with Crippen molar-refractivity contribution in [2.75, 3.05) is 11.9 Å². The molecule has 17 heavy (non-hydrogen) atoms. The first-order valence-electron chi connectivity index (χ1n) is 6.37. The van der Waals surface area contributed by atoms with Crippen LogP contribution in [0.4, 0.5) is 5.82 Å². The Morgan fingerprint density at radius 3 is 2.47 bits per heavy atom. The van der Waals surface area contributed by atoms with Gasteiger partial charge in [-0.15, -0.1) is 0 Å². The van der Waals surface area contributed by atoms with Gasteiger partial charge in [-0.1, -0.05) is 27.7 Å². The van der Waals surface area contributed by atoms with Crippen LogP contribution >= 0.6 is 22.6 Å². The maximum absolute atomic E-state index is 4.64. The summed E-state index contributed by atoms with van der Waals surface area (Å²) in [7, 11) is 0. The molecular formula is C13H22IN3. The predicted octanol–water partition coefficient (Wildman–Crippen LogP) is 3.66. The van der Waals surface area contributed by atoms with Crippen LogP contribution in [0, 0.1) is 9.49 Å². The fourth-order valence-electron chi connectivity index (χ4n) is 1.60. The van der Waals surface area contributed by atoms with Gasteiger partial charge < -0.3 is 5.32 Å². The van der Waals surface area contributed by atoms with Crippen LogP contribution in [-0.2, 0) is 12.8 Å². The average molecular weight is 347 g/mol. The lowest BCUT2D eigenvalue weighted by molar-refractivity contribution is 0.617. The van der Waals surface area contributed by atoms with E-state index in [0.717, 1.165) is 43.1 Å². The molecule has 3 nitrogen and oxygen atoms in total. The number of halogens is 1. The largest absolute Gasteiger partial charge is 0.369 e. The van der Waals surface area contributed by atoms with Crippen molar-refractivity contribution in [1.82, 2.24) is 9.97 Å². The lowest BCUT2D eigenvalue weighted by Crippen LogP contribution is -2.11. The third kappa shape index (κ3) is 4.41. The number of aromatic nitrogens is 2. The van der Waals surface area contributed by atoms with E-state index in [0.29, 0.717) is 5.92 Å². The molecule has 96 valence electrons. The van der Waals surface area contributed by atoms with Crippen molar-refractivity contribution in [2.24, 2.45) is 5.92 Å². The Labute approximate surface area is 118 Å². The third-order valence-corrected chi connectivity index (χ3v) is 3.57. The van der Waals surface area contributed by atoms with Crippen molar-refractivity contribution in [1.29, 1.82) is 0 Å². The Hall–Kier alpha value is -0.390. The first-order chi connectivity index (χ1) is 8.08. The Morgan fingerprint density at radius 1 is 1.24 bits per heavy atom. The summed E-state index contributed by atoms with van der Waals surface area (Å²) in [5, 5.41) is 3.39. The molecule has 1 N–H and O–H groups in total. The molecule has 0 aliphatic heterocycles. The van der Waals surface area contributed by atoms with Gasteiger partial charge in [0.1, 0.15) is 11.6 Å². The molecule has 1 aromatic heterocycles. The van der Waals surface area contributed by atoms with E-state index in [1.807, 2.05) is 0 Å². The first kappa shape index (κ1) is 14.7. The zero-order valence-corrected chi connectivity index (χ0v) is 13.3. The Kier molecular flexibility index (Phi) is 6.16. The molecule has 0 atom stereocenters. The standard InChI is InChI=1S/C13H22IN3/c1-5-7-15-13-12(14)10(6-2)16-11(17-13)8-9(3)4/h9H,5-8H2,1-4H3,(H,15,16,17). The summed E-state index contributed by atoms with van der Waals surface area (Å²) in [6.07, 6.45) is 3.03. The average Bonchev–Trinajstić information content (AvgIpc) is 2.28. The molecule has 4 heteroatoms. The molecule has 0 aromatic carbocycles. The van der Waals surface area contributed by atoms with E-state index in [1.54, 1.807) is 0 Å². The molecule has 0 bridgehead atoms. The lowest BCUT2D eigenvalue weighted by Gasteiger charge is -2.12. The summed E-state index contributed by atoms with van der Waals surface area (Å²) in [6.45, 7) is 9.68. The molecule has 0 aliphatic rings. The number of hydrogen-bond acceptors (Lipinski definition) is 3. The number of nitrogens with one attached hydrogen (secondary N) is 1. The molecule has 0 fully saturated rings. The minimum atomic E-state index is 0.596. The lowest BCUT2D eigenvalue weighted by atomic mass is 10.1. The fraction of sp³-hybridized carbons (Fsp3) is 0.692. The van der Waals surface area contributed by atoms with Crippen LogP contribution in [0.2, 0.25) is 0 Å². The highest BCUT2D eigenvalue weighted by atomic mass is 127. The van der Waals surface area contributed by atoms with Crippen molar-refractivity contribution in [3.63, 3.8) is 0 Å². The van der Waals surface area contributed by atoms with E-state index in [-0.39, 0.29) is 0 Å². The van der Waals surface area contributed by atoms with E-state index in [9.17, 15) is 0 Å². The maximum atomic E-state index is 4.64. The normalized spacial score (nSPS) is 10.9. The van der Waals surface area contributed by atoms with Gasteiger partial charge in [-0.2, -0.15) is 0 Å². The Balaban J connectivity index is 3.00. The number of nitrogens with zero attached hydrogens (tertiary/aromatic N) is 2. The van der Waals surface area contributed by atoms with Crippen molar-refractivity contribution < 1.29 is 0 Å². The molecular weight excluding hydrogens is 325 g/mol. The second-order valence-electron chi connectivity index (χ2n) is 4.63. The Morgan fingerprint density at radius 2 is 1.94 bits per heavy atom. The van der Waals surface area contributed by atoms with Gasteiger partial charge in [0, 0.05) is 13.0 Å². The van der Waals surface area contributed by atoms with Crippen LogP contribution in [0.3, 0.4) is 0 Å². The van der Waals surface area contributed by atoms with Gasteiger partial charge >= 0.3 is 0 Å². The highest BCUT2D eigenvalue weighted by molar-refractivity contribution is 14.1. The highest BCUT2D eigenvalue weighted by Gasteiger charge is 2.11. The molecule has 0 spiro atoms. The van der Waals surface area contributed by atoms with Crippen molar-refractivity contribution in [2.45, 2.75) is 47.0 Å². The topological polar surface area (TPSA) is 37.8 Å². The fourth-order valence-corrected chi connectivity index (χ4v) is 2.41. The van der Waals surface area contributed by atoms with Gasteiger partial charge in [0.15, 0.2) is 0 Å². The number of rotatable bonds is 6. The molecule has 1 aromatic rings. The zero-order chi connectivity index (χ0) is 12.8. The SMILES string of the molecule is CCCNc1nc(CC(C)C)nc(CC)c1I. The molecule has 0 aliphatic carbocycles. The van der Waals surface area contributed by atoms with Crippen LogP contribution in [0.1, 0.15) is 45.6 Å². The van der Waals surface area contributed by atoms with E-state index in [4.69, 9.17) is 0 Å². The second-order valence-corrected chi connectivity index (χ2v) is 5.71. The molecule has 0 radical (unpaired) electrons. The van der Waals surface area contributed by atoms with Gasteiger partial charge in [0.25, 0.3) is 0 Å². The van der Waals surface area contributed by atoms with Crippen molar-refractivity contribution >= 4 is 28.4 Å². The van der Waals surface area contributed by atoms with Gasteiger partial charge in [-0.3, -0.25) is 0 Å². The summed E-state index contributed by atoms with van der Waals surface area (Å²) in [4.78, 5) is 9.27. The van der Waals surface area contributed by atoms with Crippen molar-refractivity contribution in [3.05, 3.63) is 15.1 Å². The summed E-state index contributed by atoms with van der Waals surface area (Å²) in [5.41, 5.74) is 1.16. The van der Waals surface area contributed by atoms with Crippen LogP contribution in [0.15, 0.2) is 0 Å². The molecule has 0 saturated carbocycles. The molecule has 1 rings (SSSR count). The van der Waals surface area contributed by atoms with E-state index in [1.165, 1.54) is 3.57 Å². The number of anilines is 1.